The third kappa shape index (κ3) is 7.53. The topological polar surface area (TPSA) is 71.4 Å². The third-order valence-electron chi connectivity index (χ3n) is 3.72. The summed E-state index contributed by atoms with van der Waals surface area (Å²) in [6.07, 6.45) is 4.25. The molecule has 6 nitrogen and oxygen atoms in total. The van der Waals surface area contributed by atoms with Gasteiger partial charge in [-0.15, -0.1) is 11.3 Å². The molecule has 9 heteroatoms. The number of nitrogens with zero attached hydrogens (tertiary/aromatic N) is 3. The highest BCUT2D eigenvalue weighted by Crippen LogP contribution is 2.29. The predicted octanol–water partition coefficient (Wildman–Crippen LogP) is 5.19. The molecule has 2 heterocycles. The fourth-order valence-electron chi connectivity index (χ4n) is 2.27. The van der Waals surface area contributed by atoms with Crippen molar-refractivity contribution in [3.63, 3.8) is 0 Å². The molecule has 0 saturated heterocycles. The van der Waals surface area contributed by atoms with Crippen molar-refractivity contribution in [2.45, 2.75) is 19.4 Å². The Labute approximate surface area is 185 Å². The molecule has 29 heavy (non-hydrogen) atoms. The van der Waals surface area contributed by atoms with E-state index in [2.05, 4.69) is 38.8 Å². The van der Waals surface area contributed by atoms with Crippen molar-refractivity contribution >= 4 is 45.5 Å². The Bertz CT molecular complexity index is 923. The van der Waals surface area contributed by atoms with Gasteiger partial charge in [0.1, 0.15) is 11.0 Å². The summed E-state index contributed by atoms with van der Waals surface area (Å²) in [7, 11) is 3.39. The van der Waals surface area contributed by atoms with Crippen LogP contribution in [0, 0.1) is 0 Å². The second kappa shape index (κ2) is 11.6. The number of hydrogen-bond acceptors (Lipinski definition) is 6. The SMILES string of the molecule is C=C/C(Cl)=C\N=C(/CC(=C)Cc1sc(NCc2cccc(OC)n2)nc1Cl)NC. The summed E-state index contributed by atoms with van der Waals surface area (Å²) in [6, 6.07) is 5.61. The zero-order chi connectivity index (χ0) is 21.2. The second-order valence-electron chi connectivity index (χ2n) is 5.91. The molecule has 0 saturated carbocycles. The number of pyridine rings is 1. The predicted molar refractivity (Wildman–Crippen MR) is 123 cm³/mol. The lowest BCUT2D eigenvalue weighted by Gasteiger charge is -2.07. The molecule has 2 aromatic rings. The van der Waals surface area contributed by atoms with Crippen molar-refractivity contribution < 1.29 is 4.74 Å². The van der Waals surface area contributed by atoms with Gasteiger partial charge in [-0.05, 0) is 12.1 Å². The molecular weight excluding hydrogens is 429 g/mol. The Kier molecular flexibility index (Phi) is 9.18. The third-order valence-corrected chi connectivity index (χ3v) is 5.41. The lowest BCUT2D eigenvalue weighted by atomic mass is 10.1. The molecular formula is C20H23Cl2N5OS. The number of ether oxygens (including phenoxy) is 1. The van der Waals surface area contributed by atoms with Gasteiger partial charge in [-0.3, -0.25) is 0 Å². The van der Waals surface area contributed by atoms with Gasteiger partial charge in [-0.25, -0.2) is 15.0 Å². The van der Waals surface area contributed by atoms with E-state index in [1.807, 2.05) is 12.1 Å². The van der Waals surface area contributed by atoms with Gasteiger partial charge in [0.2, 0.25) is 5.88 Å². The van der Waals surface area contributed by atoms with Crippen molar-refractivity contribution in [1.29, 1.82) is 0 Å². The largest absolute Gasteiger partial charge is 0.481 e. The first-order chi connectivity index (χ1) is 13.9. The first-order valence-electron chi connectivity index (χ1n) is 8.73. The summed E-state index contributed by atoms with van der Waals surface area (Å²) >= 11 is 13.7. The Morgan fingerprint density at radius 1 is 1.38 bits per heavy atom. The number of aliphatic imine (C=N–C) groups is 1. The van der Waals surface area contributed by atoms with Crippen molar-refractivity contribution in [3.8, 4) is 5.88 Å². The normalized spacial score (nSPS) is 11.9. The number of amidine groups is 1. The number of allylic oxidation sites excluding steroid dienone is 2. The monoisotopic (exact) mass is 451 g/mol. The molecule has 0 radical (unpaired) electrons. The van der Waals surface area contributed by atoms with E-state index in [-0.39, 0.29) is 0 Å². The minimum atomic E-state index is 0.467. The number of nitrogens with one attached hydrogen (secondary N) is 2. The summed E-state index contributed by atoms with van der Waals surface area (Å²) < 4.78 is 5.14. The molecule has 0 spiro atoms. The van der Waals surface area contributed by atoms with Crippen molar-refractivity contribution in [2.75, 3.05) is 19.5 Å². The van der Waals surface area contributed by atoms with Crippen LogP contribution in [0.4, 0.5) is 5.13 Å². The van der Waals surface area contributed by atoms with Gasteiger partial charge in [-0.1, -0.05) is 48.0 Å². The van der Waals surface area contributed by atoms with Crippen LogP contribution in [-0.2, 0) is 13.0 Å². The highest BCUT2D eigenvalue weighted by atomic mass is 35.5. The highest BCUT2D eigenvalue weighted by Gasteiger charge is 2.12. The van der Waals surface area contributed by atoms with Crippen LogP contribution in [0.2, 0.25) is 5.15 Å². The fourth-order valence-corrected chi connectivity index (χ4v) is 3.56. The molecule has 0 aliphatic heterocycles. The van der Waals surface area contributed by atoms with Gasteiger partial charge in [0.15, 0.2) is 5.13 Å². The molecule has 2 rings (SSSR count). The Morgan fingerprint density at radius 2 is 2.17 bits per heavy atom. The van der Waals surface area contributed by atoms with E-state index in [1.54, 1.807) is 26.4 Å². The number of anilines is 1. The smallest absolute Gasteiger partial charge is 0.213 e. The molecule has 2 N–H and O–H groups in total. The summed E-state index contributed by atoms with van der Waals surface area (Å²) in [5.74, 6) is 1.32. The summed E-state index contributed by atoms with van der Waals surface area (Å²) in [5.41, 5.74) is 1.80. The van der Waals surface area contributed by atoms with E-state index in [1.165, 1.54) is 17.4 Å². The molecule has 0 bridgehead atoms. The summed E-state index contributed by atoms with van der Waals surface area (Å²) in [4.78, 5) is 14.0. The molecule has 0 fully saturated rings. The molecule has 0 aromatic carbocycles. The van der Waals surface area contributed by atoms with E-state index in [0.29, 0.717) is 35.5 Å². The van der Waals surface area contributed by atoms with Crippen LogP contribution in [0.1, 0.15) is 17.0 Å². The fraction of sp³-hybridized carbons (Fsp3) is 0.250. The van der Waals surface area contributed by atoms with Crippen molar-refractivity contribution in [2.24, 2.45) is 4.99 Å². The van der Waals surface area contributed by atoms with Crippen LogP contribution in [0.25, 0.3) is 0 Å². The van der Waals surface area contributed by atoms with Gasteiger partial charge < -0.3 is 15.4 Å². The van der Waals surface area contributed by atoms with Crippen molar-refractivity contribution in [1.82, 2.24) is 15.3 Å². The Hall–Kier alpha value is -2.35. The lowest BCUT2D eigenvalue weighted by Crippen LogP contribution is -2.18. The molecule has 0 unspecified atom stereocenters. The van der Waals surface area contributed by atoms with Crippen LogP contribution >= 0.6 is 34.5 Å². The number of aromatic nitrogens is 2. The number of methoxy groups -OCH3 is 1. The standard InChI is InChI=1S/C20H23Cl2N5OS/c1-5-14(21)11-24-17(23-3)10-13(2)9-16-19(22)27-20(29-16)25-12-15-7-6-8-18(26-15)28-4/h5-8,11H,1-2,9-10,12H2,3-4H3,(H,23,24)(H,25,27)/b14-11+. The molecule has 0 atom stereocenters. The molecule has 0 aliphatic carbocycles. The maximum absolute atomic E-state index is 6.31. The van der Waals surface area contributed by atoms with E-state index in [4.69, 9.17) is 27.9 Å². The first-order valence-corrected chi connectivity index (χ1v) is 10.3. The van der Waals surface area contributed by atoms with Gasteiger partial charge in [-0.2, -0.15) is 0 Å². The Morgan fingerprint density at radius 3 is 2.86 bits per heavy atom. The second-order valence-corrected chi connectivity index (χ2v) is 7.78. The van der Waals surface area contributed by atoms with Crippen LogP contribution in [0.3, 0.4) is 0 Å². The molecule has 154 valence electrons. The summed E-state index contributed by atoms with van der Waals surface area (Å²) in [5, 5.41) is 7.95. The number of rotatable bonds is 10. The van der Waals surface area contributed by atoms with Gasteiger partial charge >= 0.3 is 0 Å². The minimum Gasteiger partial charge on any atom is -0.481 e. The van der Waals surface area contributed by atoms with E-state index >= 15 is 0 Å². The van der Waals surface area contributed by atoms with Crippen molar-refractivity contribution in [3.05, 3.63) is 70.0 Å². The number of hydrogen-bond donors (Lipinski definition) is 2. The zero-order valence-electron chi connectivity index (χ0n) is 16.3. The molecule has 0 aliphatic rings. The van der Waals surface area contributed by atoms with Gasteiger partial charge in [0, 0.05) is 37.0 Å². The Balaban J connectivity index is 1.97. The maximum atomic E-state index is 6.31. The average Bonchev–Trinajstić information content (AvgIpc) is 3.08. The lowest BCUT2D eigenvalue weighted by molar-refractivity contribution is 0.396. The number of thiazole rings is 1. The quantitative estimate of drug-likeness (QED) is 0.225. The zero-order valence-corrected chi connectivity index (χ0v) is 18.7. The average molecular weight is 452 g/mol. The van der Waals surface area contributed by atoms with Crippen LogP contribution in [0.15, 0.2) is 59.2 Å². The summed E-state index contributed by atoms with van der Waals surface area (Å²) in [6.45, 7) is 8.24. The van der Waals surface area contributed by atoms with E-state index in [0.717, 1.165) is 27.1 Å². The minimum absolute atomic E-state index is 0.467. The first kappa shape index (κ1) is 22.9. The van der Waals surface area contributed by atoms with Gasteiger partial charge in [0.25, 0.3) is 0 Å². The van der Waals surface area contributed by atoms with Crippen LogP contribution in [-0.4, -0.2) is 30.0 Å². The molecule has 0 amide bonds. The van der Waals surface area contributed by atoms with Crippen LogP contribution in [0.5, 0.6) is 5.88 Å². The van der Waals surface area contributed by atoms with E-state index in [9.17, 15) is 0 Å². The highest BCUT2D eigenvalue weighted by molar-refractivity contribution is 7.16. The molecule has 2 aromatic heterocycles. The maximum Gasteiger partial charge on any atom is 0.213 e. The van der Waals surface area contributed by atoms with E-state index < -0.39 is 0 Å². The van der Waals surface area contributed by atoms with Crippen LogP contribution < -0.4 is 15.4 Å². The van der Waals surface area contributed by atoms with Gasteiger partial charge in [0.05, 0.1) is 24.4 Å². The number of halogens is 2.